The lowest BCUT2D eigenvalue weighted by Crippen LogP contribution is -2.06. The molecule has 0 amide bonds. The molecule has 3 heteroatoms. The number of aliphatic hydroxyl groups is 1. The zero-order valence-electron chi connectivity index (χ0n) is 6.40. The van der Waals surface area contributed by atoms with E-state index in [0.29, 0.717) is 5.69 Å². The van der Waals surface area contributed by atoms with Crippen molar-refractivity contribution in [3.05, 3.63) is 30.1 Å². The average molecular weight is 153 g/mol. The molecule has 0 spiro atoms. The Kier molecular flexibility index (Phi) is 3.01. The molecule has 0 aliphatic carbocycles. The van der Waals surface area contributed by atoms with Crippen molar-refractivity contribution in [2.75, 3.05) is 13.7 Å². The second-order valence-corrected chi connectivity index (χ2v) is 2.23. The highest BCUT2D eigenvalue weighted by Crippen LogP contribution is 2.07. The normalized spacial score (nSPS) is 12.9. The minimum atomic E-state index is -0.610. The molecular weight excluding hydrogens is 142 g/mol. The summed E-state index contributed by atoms with van der Waals surface area (Å²) in [5.74, 6) is 0. The van der Waals surface area contributed by atoms with Gasteiger partial charge in [0.25, 0.3) is 0 Å². The summed E-state index contributed by atoms with van der Waals surface area (Å²) >= 11 is 0. The van der Waals surface area contributed by atoms with Crippen LogP contribution >= 0.6 is 0 Å². The van der Waals surface area contributed by atoms with Crippen LogP contribution < -0.4 is 0 Å². The lowest BCUT2D eigenvalue weighted by Gasteiger charge is -2.06. The van der Waals surface area contributed by atoms with Gasteiger partial charge in [0.05, 0.1) is 12.3 Å². The lowest BCUT2D eigenvalue weighted by atomic mass is 10.2. The van der Waals surface area contributed by atoms with E-state index >= 15 is 0 Å². The van der Waals surface area contributed by atoms with Crippen molar-refractivity contribution in [2.45, 2.75) is 6.10 Å². The second kappa shape index (κ2) is 4.05. The third-order valence-electron chi connectivity index (χ3n) is 1.35. The maximum atomic E-state index is 9.33. The van der Waals surface area contributed by atoms with E-state index in [9.17, 15) is 5.11 Å². The van der Waals surface area contributed by atoms with Gasteiger partial charge in [-0.2, -0.15) is 0 Å². The molecule has 1 unspecified atom stereocenters. The Balaban J connectivity index is 2.61. The number of methoxy groups -OCH3 is 1. The molecule has 60 valence electrons. The van der Waals surface area contributed by atoms with E-state index < -0.39 is 6.10 Å². The second-order valence-electron chi connectivity index (χ2n) is 2.23. The molecule has 0 aliphatic heterocycles. The topological polar surface area (TPSA) is 42.4 Å². The third kappa shape index (κ3) is 2.29. The van der Waals surface area contributed by atoms with Gasteiger partial charge >= 0.3 is 0 Å². The van der Waals surface area contributed by atoms with Crippen LogP contribution in [0.1, 0.15) is 11.8 Å². The van der Waals surface area contributed by atoms with Crippen molar-refractivity contribution in [1.82, 2.24) is 4.98 Å². The summed E-state index contributed by atoms with van der Waals surface area (Å²) < 4.78 is 4.77. The summed E-state index contributed by atoms with van der Waals surface area (Å²) in [5, 5.41) is 9.33. The molecule has 1 heterocycles. The average Bonchev–Trinajstić information content (AvgIpc) is 2.07. The summed E-state index contributed by atoms with van der Waals surface area (Å²) in [6, 6.07) is 5.41. The van der Waals surface area contributed by atoms with Gasteiger partial charge in [-0.3, -0.25) is 4.98 Å². The van der Waals surface area contributed by atoms with Crippen LogP contribution in [0.5, 0.6) is 0 Å². The Bertz CT molecular complexity index is 201. The minimum Gasteiger partial charge on any atom is -0.384 e. The molecule has 1 aromatic heterocycles. The predicted molar refractivity (Wildman–Crippen MR) is 41.1 cm³/mol. The number of aliphatic hydroxyl groups excluding tert-OH is 1. The fraction of sp³-hybridized carbons (Fsp3) is 0.375. The molecule has 0 fully saturated rings. The quantitative estimate of drug-likeness (QED) is 0.697. The van der Waals surface area contributed by atoms with E-state index in [0.717, 1.165) is 0 Å². The van der Waals surface area contributed by atoms with E-state index in [1.807, 2.05) is 12.1 Å². The smallest absolute Gasteiger partial charge is 0.119 e. The Morgan fingerprint density at radius 2 is 2.45 bits per heavy atom. The molecule has 1 aromatic rings. The van der Waals surface area contributed by atoms with Crippen molar-refractivity contribution in [1.29, 1.82) is 0 Å². The van der Waals surface area contributed by atoms with Crippen molar-refractivity contribution in [3.63, 3.8) is 0 Å². The third-order valence-corrected chi connectivity index (χ3v) is 1.35. The van der Waals surface area contributed by atoms with Gasteiger partial charge in [-0.05, 0) is 12.1 Å². The van der Waals surface area contributed by atoms with Crippen LogP contribution in [0.15, 0.2) is 24.4 Å². The number of hydrogen-bond acceptors (Lipinski definition) is 3. The molecule has 0 bridgehead atoms. The van der Waals surface area contributed by atoms with Crippen LogP contribution in [-0.4, -0.2) is 23.8 Å². The summed E-state index contributed by atoms with van der Waals surface area (Å²) in [4.78, 5) is 3.97. The number of aromatic nitrogens is 1. The van der Waals surface area contributed by atoms with Crippen LogP contribution in [0, 0.1) is 0 Å². The van der Waals surface area contributed by atoms with Crippen molar-refractivity contribution in [2.24, 2.45) is 0 Å². The van der Waals surface area contributed by atoms with E-state index in [1.165, 1.54) is 0 Å². The fourth-order valence-electron chi connectivity index (χ4n) is 0.816. The predicted octanol–water partition coefficient (Wildman–Crippen LogP) is 0.761. The maximum absolute atomic E-state index is 9.33. The van der Waals surface area contributed by atoms with Crippen LogP contribution in [0.25, 0.3) is 0 Å². The number of nitrogens with zero attached hydrogens (tertiary/aromatic N) is 1. The van der Waals surface area contributed by atoms with Crippen LogP contribution in [-0.2, 0) is 4.74 Å². The molecule has 0 radical (unpaired) electrons. The van der Waals surface area contributed by atoms with Gasteiger partial charge in [0.1, 0.15) is 6.10 Å². The standard InChI is InChI=1S/C8H11NO2/c1-11-6-8(10)7-4-2-3-5-9-7/h2-5,8,10H,6H2,1H3. The first-order chi connectivity index (χ1) is 5.34. The first kappa shape index (κ1) is 8.17. The molecule has 0 aliphatic rings. The van der Waals surface area contributed by atoms with E-state index in [-0.39, 0.29) is 6.61 Å². The van der Waals surface area contributed by atoms with Crippen molar-refractivity contribution in [3.8, 4) is 0 Å². The van der Waals surface area contributed by atoms with Crippen LogP contribution in [0.2, 0.25) is 0 Å². The van der Waals surface area contributed by atoms with Crippen molar-refractivity contribution < 1.29 is 9.84 Å². The fourth-order valence-corrected chi connectivity index (χ4v) is 0.816. The molecule has 3 nitrogen and oxygen atoms in total. The highest BCUT2D eigenvalue weighted by atomic mass is 16.5. The zero-order chi connectivity index (χ0) is 8.10. The van der Waals surface area contributed by atoms with Gasteiger partial charge in [-0.25, -0.2) is 0 Å². The Labute approximate surface area is 65.7 Å². The van der Waals surface area contributed by atoms with Gasteiger partial charge in [0, 0.05) is 13.3 Å². The van der Waals surface area contributed by atoms with Gasteiger partial charge < -0.3 is 9.84 Å². The van der Waals surface area contributed by atoms with Crippen molar-refractivity contribution >= 4 is 0 Å². The summed E-state index contributed by atoms with van der Waals surface area (Å²) in [7, 11) is 1.55. The minimum absolute atomic E-state index is 0.289. The number of pyridine rings is 1. The summed E-state index contributed by atoms with van der Waals surface area (Å²) in [6.45, 7) is 0.289. The van der Waals surface area contributed by atoms with Gasteiger partial charge in [0.15, 0.2) is 0 Å². The first-order valence-electron chi connectivity index (χ1n) is 3.42. The Hall–Kier alpha value is -0.930. The largest absolute Gasteiger partial charge is 0.384 e. The molecule has 1 N–H and O–H groups in total. The van der Waals surface area contributed by atoms with E-state index in [2.05, 4.69) is 4.98 Å². The van der Waals surface area contributed by atoms with Crippen LogP contribution in [0.3, 0.4) is 0 Å². The highest BCUT2D eigenvalue weighted by Gasteiger charge is 2.05. The van der Waals surface area contributed by atoms with E-state index in [4.69, 9.17) is 4.74 Å². The molecule has 0 saturated carbocycles. The number of rotatable bonds is 3. The molecular formula is C8H11NO2. The Morgan fingerprint density at radius 1 is 1.64 bits per heavy atom. The zero-order valence-corrected chi connectivity index (χ0v) is 6.40. The molecule has 1 atom stereocenters. The molecule has 0 saturated heterocycles. The monoisotopic (exact) mass is 153 g/mol. The van der Waals surface area contributed by atoms with Gasteiger partial charge in [0.2, 0.25) is 0 Å². The van der Waals surface area contributed by atoms with E-state index in [1.54, 1.807) is 19.4 Å². The first-order valence-corrected chi connectivity index (χ1v) is 3.42. The molecule has 11 heavy (non-hydrogen) atoms. The number of ether oxygens (including phenoxy) is 1. The summed E-state index contributed by atoms with van der Waals surface area (Å²) in [5.41, 5.74) is 0.648. The number of hydrogen-bond donors (Lipinski definition) is 1. The molecule has 0 aromatic carbocycles. The maximum Gasteiger partial charge on any atom is 0.119 e. The Morgan fingerprint density at radius 3 is 3.00 bits per heavy atom. The van der Waals surface area contributed by atoms with Gasteiger partial charge in [-0.1, -0.05) is 6.07 Å². The summed E-state index contributed by atoms with van der Waals surface area (Å²) in [6.07, 6.45) is 1.04. The lowest BCUT2D eigenvalue weighted by molar-refractivity contribution is 0.0617. The SMILES string of the molecule is COCC(O)c1ccccn1. The van der Waals surface area contributed by atoms with Crippen LogP contribution in [0.4, 0.5) is 0 Å². The van der Waals surface area contributed by atoms with Gasteiger partial charge in [-0.15, -0.1) is 0 Å². The highest BCUT2D eigenvalue weighted by molar-refractivity contribution is 5.06. The molecule has 1 rings (SSSR count).